The van der Waals surface area contributed by atoms with E-state index in [0.29, 0.717) is 18.8 Å². The van der Waals surface area contributed by atoms with Crippen molar-refractivity contribution in [3.05, 3.63) is 48.5 Å². The molecule has 0 bridgehead atoms. The molecule has 2 N–H and O–H groups in total. The minimum absolute atomic E-state index is 0.0266. The summed E-state index contributed by atoms with van der Waals surface area (Å²) >= 11 is 0. The molecule has 22 heavy (non-hydrogen) atoms. The second-order valence-electron chi connectivity index (χ2n) is 4.83. The first-order valence-corrected chi connectivity index (χ1v) is 6.92. The SMILES string of the molecule is O=C1CN(c2ccccc2NC(=O)c2cnccn2)CCN1. The number of piperazine rings is 1. The molecule has 0 aliphatic carbocycles. The monoisotopic (exact) mass is 297 g/mol. The van der Waals surface area contributed by atoms with E-state index < -0.39 is 0 Å². The Morgan fingerprint density at radius 3 is 2.91 bits per heavy atom. The number of aromatic nitrogens is 2. The zero-order chi connectivity index (χ0) is 15.4. The van der Waals surface area contributed by atoms with E-state index in [0.717, 1.165) is 5.69 Å². The van der Waals surface area contributed by atoms with Crippen molar-refractivity contribution in [1.29, 1.82) is 0 Å². The van der Waals surface area contributed by atoms with E-state index in [9.17, 15) is 9.59 Å². The van der Waals surface area contributed by atoms with E-state index in [1.807, 2.05) is 23.1 Å². The molecule has 3 rings (SSSR count). The van der Waals surface area contributed by atoms with Gasteiger partial charge in [0.15, 0.2) is 0 Å². The lowest BCUT2D eigenvalue weighted by Gasteiger charge is -2.30. The van der Waals surface area contributed by atoms with E-state index in [2.05, 4.69) is 20.6 Å². The van der Waals surface area contributed by atoms with E-state index in [1.165, 1.54) is 18.6 Å². The zero-order valence-corrected chi connectivity index (χ0v) is 11.8. The molecule has 7 heteroatoms. The van der Waals surface area contributed by atoms with Crippen LogP contribution in [0.15, 0.2) is 42.9 Å². The highest BCUT2D eigenvalue weighted by molar-refractivity contribution is 6.04. The third-order valence-corrected chi connectivity index (χ3v) is 3.33. The van der Waals surface area contributed by atoms with Gasteiger partial charge in [-0.1, -0.05) is 12.1 Å². The van der Waals surface area contributed by atoms with Gasteiger partial charge in [0.2, 0.25) is 5.91 Å². The summed E-state index contributed by atoms with van der Waals surface area (Å²) in [6, 6.07) is 7.39. The van der Waals surface area contributed by atoms with Gasteiger partial charge in [-0.15, -0.1) is 0 Å². The lowest BCUT2D eigenvalue weighted by Crippen LogP contribution is -2.47. The lowest BCUT2D eigenvalue weighted by atomic mass is 10.2. The number of nitrogens with zero attached hydrogens (tertiary/aromatic N) is 3. The Morgan fingerprint density at radius 1 is 1.27 bits per heavy atom. The smallest absolute Gasteiger partial charge is 0.275 e. The van der Waals surface area contributed by atoms with Gasteiger partial charge < -0.3 is 15.5 Å². The standard InChI is InChI=1S/C15H15N5O2/c21-14-10-20(8-7-18-14)13-4-2-1-3-11(13)19-15(22)12-9-16-5-6-17-12/h1-6,9H,7-8,10H2,(H,18,21)(H,19,22). The van der Waals surface area contributed by atoms with Gasteiger partial charge in [-0.25, -0.2) is 4.98 Å². The molecule has 1 aromatic heterocycles. The molecule has 1 aliphatic rings. The van der Waals surface area contributed by atoms with Crippen molar-refractivity contribution in [1.82, 2.24) is 15.3 Å². The Hall–Kier alpha value is -2.96. The Labute approximate surface area is 127 Å². The van der Waals surface area contributed by atoms with Crippen LogP contribution in [0.3, 0.4) is 0 Å². The largest absolute Gasteiger partial charge is 0.359 e. The molecule has 1 aromatic carbocycles. The predicted octanol–water partition coefficient (Wildman–Crippen LogP) is 0.665. The summed E-state index contributed by atoms with van der Waals surface area (Å²) in [5, 5.41) is 5.61. The summed E-state index contributed by atoms with van der Waals surface area (Å²) < 4.78 is 0. The highest BCUT2D eigenvalue weighted by atomic mass is 16.2. The van der Waals surface area contributed by atoms with Gasteiger partial charge in [0.05, 0.1) is 24.1 Å². The maximum absolute atomic E-state index is 12.2. The van der Waals surface area contributed by atoms with E-state index in [1.54, 1.807) is 6.07 Å². The highest BCUT2D eigenvalue weighted by Crippen LogP contribution is 2.26. The average molecular weight is 297 g/mol. The number of hydrogen-bond acceptors (Lipinski definition) is 5. The summed E-state index contributed by atoms with van der Waals surface area (Å²) in [5.74, 6) is -0.358. The zero-order valence-electron chi connectivity index (χ0n) is 11.8. The topological polar surface area (TPSA) is 87.2 Å². The molecule has 0 atom stereocenters. The lowest BCUT2D eigenvalue weighted by molar-refractivity contribution is -0.120. The van der Waals surface area contributed by atoms with Crippen LogP contribution in [-0.4, -0.2) is 41.4 Å². The first-order valence-electron chi connectivity index (χ1n) is 6.92. The Bertz CT molecular complexity index is 689. The number of anilines is 2. The number of rotatable bonds is 3. The normalized spacial score (nSPS) is 14.4. The highest BCUT2D eigenvalue weighted by Gasteiger charge is 2.19. The van der Waals surface area contributed by atoms with E-state index in [4.69, 9.17) is 0 Å². The number of nitrogens with one attached hydrogen (secondary N) is 2. The average Bonchev–Trinajstić information content (AvgIpc) is 2.56. The van der Waals surface area contributed by atoms with Crippen LogP contribution in [0.2, 0.25) is 0 Å². The van der Waals surface area contributed by atoms with Crippen molar-refractivity contribution in [2.75, 3.05) is 29.9 Å². The molecular weight excluding hydrogens is 282 g/mol. The molecule has 1 aliphatic heterocycles. The Balaban J connectivity index is 1.82. The van der Waals surface area contributed by atoms with Crippen LogP contribution in [0, 0.1) is 0 Å². The summed E-state index contributed by atoms with van der Waals surface area (Å²) in [6.45, 7) is 1.56. The molecule has 0 spiro atoms. The fourth-order valence-corrected chi connectivity index (χ4v) is 2.30. The molecule has 7 nitrogen and oxygen atoms in total. The Morgan fingerprint density at radius 2 is 2.14 bits per heavy atom. The Kier molecular flexibility index (Phi) is 3.95. The number of hydrogen-bond donors (Lipinski definition) is 2. The molecule has 112 valence electrons. The molecule has 2 heterocycles. The quantitative estimate of drug-likeness (QED) is 0.869. The molecule has 0 radical (unpaired) electrons. The molecule has 2 aromatic rings. The second kappa shape index (κ2) is 6.21. The van der Waals surface area contributed by atoms with Crippen molar-refractivity contribution in [3.8, 4) is 0 Å². The minimum atomic E-state index is -0.331. The second-order valence-corrected chi connectivity index (χ2v) is 4.83. The van der Waals surface area contributed by atoms with Gasteiger partial charge in [-0.2, -0.15) is 0 Å². The van der Waals surface area contributed by atoms with Crippen molar-refractivity contribution < 1.29 is 9.59 Å². The maximum atomic E-state index is 12.2. The number of para-hydroxylation sites is 2. The first-order chi connectivity index (χ1) is 10.7. The van der Waals surface area contributed by atoms with Crippen molar-refractivity contribution in [3.63, 3.8) is 0 Å². The molecule has 0 saturated carbocycles. The van der Waals surface area contributed by atoms with Gasteiger partial charge in [0.25, 0.3) is 5.91 Å². The van der Waals surface area contributed by atoms with Crippen LogP contribution >= 0.6 is 0 Å². The number of carbonyl (C=O) groups is 2. The van der Waals surface area contributed by atoms with Gasteiger partial charge >= 0.3 is 0 Å². The molecular formula is C15H15N5O2. The minimum Gasteiger partial charge on any atom is -0.359 e. The van der Waals surface area contributed by atoms with Gasteiger partial charge in [-0.3, -0.25) is 14.6 Å². The van der Waals surface area contributed by atoms with E-state index in [-0.39, 0.29) is 24.1 Å². The summed E-state index contributed by atoms with van der Waals surface area (Å²) in [5.41, 5.74) is 1.70. The fraction of sp³-hybridized carbons (Fsp3) is 0.200. The third-order valence-electron chi connectivity index (χ3n) is 3.33. The first kappa shape index (κ1) is 14.0. The van der Waals surface area contributed by atoms with Crippen LogP contribution in [-0.2, 0) is 4.79 Å². The fourth-order valence-electron chi connectivity index (χ4n) is 2.30. The number of benzene rings is 1. The molecule has 2 amide bonds. The van der Waals surface area contributed by atoms with Crippen LogP contribution in [0.5, 0.6) is 0 Å². The van der Waals surface area contributed by atoms with Crippen molar-refractivity contribution in [2.45, 2.75) is 0 Å². The number of amides is 2. The van der Waals surface area contributed by atoms with Crippen LogP contribution < -0.4 is 15.5 Å². The summed E-state index contributed by atoms with van der Waals surface area (Å²) in [4.78, 5) is 33.5. The van der Waals surface area contributed by atoms with Gasteiger partial charge in [0.1, 0.15) is 5.69 Å². The number of carbonyl (C=O) groups excluding carboxylic acids is 2. The van der Waals surface area contributed by atoms with Crippen molar-refractivity contribution >= 4 is 23.2 Å². The molecule has 0 unspecified atom stereocenters. The van der Waals surface area contributed by atoms with E-state index >= 15 is 0 Å². The van der Waals surface area contributed by atoms with Crippen LogP contribution in [0.25, 0.3) is 0 Å². The summed E-state index contributed by atoms with van der Waals surface area (Å²) in [7, 11) is 0. The predicted molar refractivity (Wildman–Crippen MR) is 81.6 cm³/mol. The summed E-state index contributed by atoms with van der Waals surface area (Å²) in [6.07, 6.45) is 4.39. The molecule has 1 fully saturated rings. The van der Waals surface area contributed by atoms with Crippen molar-refractivity contribution in [2.24, 2.45) is 0 Å². The maximum Gasteiger partial charge on any atom is 0.275 e. The van der Waals surface area contributed by atoms with Crippen LogP contribution in [0.4, 0.5) is 11.4 Å². The van der Waals surface area contributed by atoms with Gasteiger partial charge in [0, 0.05) is 25.5 Å². The molecule has 1 saturated heterocycles. The van der Waals surface area contributed by atoms with Crippen LogP contribution in [0.1, 0.15) is 10.5 Å². The third kappa shape index (κ3) is 3.03. The van der Waals surface area contributed by atoms with Gasteiger partial charge in [-0.05, 0) is 12.1 Å².